The summed E-state index contributed by atoms with van der Waals surface area (Å²) in [4.78, 5) is 37.8. The highest BCUT2D eigenvalue weighted by molar-refractivity contribution is 5.97. The molecule has 0 bridgehead atoms. The molecule has 3 amide bonds. The smallest absolute Gasteiger partial charge is 0.254 e. The normalized spacial score (nSPS) is 15.5. The van der Waals surface area contributed by atoms with Gasteiger partial charge < -0.3 is 26.0 Å². The van der Waals surface area contributed by atoms with E-state index in [4.69, 9.17) is 10.5 Å². The molecule has 1 heterocycles. The maximum atomic E-state index is 12.4. The van der Waals surface area contributed by atoms with Crippen LogP contribution in [0.3, 0.4) is 0 Å². The molecule has 1 aromatic carbocycles. The summed E-state index contributed by atoms with van der Waals surface area (Å²) in [6.45, 7) is 5.77. The Morgan fingerprint density at radius 1 is 1.15 bits per heavy atom. The van der Waals surface area contributed by atoms with E-state index in [1.807, 2.05) is 13.8 Å². The molecule has 142 valence electrons. The second-order valence-electron chi connectivity index (χ2n) is 6.52. The number of morpholine rings is 1. The van der Waals surface area contributed by atoms with Crippen LogP contribution in [-0.4, -0.2) is 61.5 Å². The second-order valence-corrected chi connectivity index (χ2v) is 6.52. The zero-order chi connectivity index (χ0) is 19.1. The fourth-order valence-corrected chi connectivity index (χ4v) is 2.44. The Kier molecular flexibility index (Phi) is 7.11. The minimum atomic E-state index is -0.645. The van der Waals surface area contributed by atoms with Crippen LogP contribution in [-0.2, 0) is 14.3 Å². The van der Waals surface area contributed by atoms with Crippen molar-refractivity contribution in [3.63, 3.8) is 0 Å². The van der Waals surface area contributed by atoms with E-state index in [2.05, 4.69) is 10.6 Å². The molecule has 4 N–H and O–H groups in total. The molecule has 8 nitrogen and oxygen atoms in total. The third kappa shape index (κ3) is 5.53. The fourth-order valence-electron chi connectivity index (χ4n) is 2.44. The summed E-state index contributed by atoms with van der Waals surface area (Å²) in [7, 11) is 0. The van der Waals surface area contributed by atoms with Crippen LogP contribution in [0.2, 0.25) is 0 Å². The molecule has 8 heteroatoms. The van der Waals surface area contributed by atoms with Gasteiger partial charge >= 0.3 is 0 Å². The maximum Gasteiger partial charge on any atom is 0.254 e. The van der Waals surface area contributed by atoms with E-state index in [1.54, 1.807) is 29.2 Å². The summed E-state index contributed by atoms with van der Waals surface area (Å²) in [5, 5.41) is 5.18. The summed E-state index contributed by atoms with van der Waals surface area (Å²) >= 11 is 0. The average Bonchev–Trinajstić information content (AvgIpc) is 2.66. The molecule has 0 radical (unpaired) electrons. The number of carbonyl (C=O) groups is 3. The molecule has 0 aliphatic carbocycles. The van der Waals surface area contributed by atoms with Gasteiger partial charge in [0, 0.05) is 24.3 Å². The van der Waals surface area contributed by atoms with Gasteiger partial charge in [-0.05, 0) is 30.2 Å². The molecule has 1 atom stereocenters. The molecule has 1 saturated heterocycles. The van der Waals surface area contributed by atoms with Crippen LogP contribution in [0.4, 0.5) is 5.69 Å². The standard InChI is InChI=1S/C18H26N4O4/c1-12(2)16(19)17(24)20-11-15(23)21-14-5-3-13(4-6-14)18(25)22-7-9-26-10-8-22/h3-6,12,16H,7-11,19H2,1-2H3,(H,20,24)(H,21,23)/t16-/m0/s1. The number of benzene rings is 1. The fraction of sp³-hybridized carbons (Fsp3) is 0.500. The first kappa shape index (κ1) is 19.9. The number of nitrogens with two attached hydrogens (primary N) is 1. The van der Waals surface area contributed by atoms with Crippen LogP contribution in [0.15, 0.2) is 24.3 Å². The first-order valence-electron chi connectivity index (χ1n) is 8.68. The zero-order valence-electron chi connectivity index (χ0n) is 15.2. The van der Waals surface area contributed by atoms with Crippen LogP contribution < -0.4 is 16.4 Å². The third-order valence-corrected chi connectivity index (χ3v) is 4.16. The Labute approximate surface area is 153 Å². The topological polar surface area (TPSA) is 114 Å². The predicted molar refractivity (Wildman–Crippen MR) is 97.6 cm³/mol. The molecule has 26 heavy (non-hydrogen) atoms. The van der Waals surface area contributed by atoms with Crippen molar-refractivity contribution in [2.45, 2.75) is 19.9 Å². The SMILES string of the molecule is CC(C)[C@H](N)C(=O)NCC(=O)Nc1ccc(C(=O)N2CCOCC2)cc1. The number of nitrogens with zero attached hydrogens (tertiary/aromatic N) is 1. The Morgan fingerprint density at radius 3 is 2.35 bits per heavy atom. The van der Waals surface area contributed by atoms with Gasteiger partial charge in [-0.1, -0.05) is 13.8 Å². The van der Waals surface area contributed by atoms with Crippen molar-refractivity contribution in [1.29, 1.82) is 0 Å². The van der Waals surface area contributed by atoms with Gasteiger partial charge in [0.05, 0.1) is 25.8 Å². The monoisotopic (exact) mass is 362 g/mol. The highest BCUT2D eigenvalue weighted by Gasteiger charge is 2.19. The van der Waals surface area contributed by atoms with Crippen LogP contribution in [0.25, 0.3) is 0 Å². The van der Waals surface area contributed by atoms with Crippen molar-refractivity contribution in [1.82, 2.24) is 10.2 Å². The van der Waals surface area contributed by atoms with Gasteiger partial charge in [0.15, 0.2) is 0 Å². The van der Waals surface area contributed by atoms with Crippen molar-refractivity contribution in [2.24, 2.45) is 11.7 Å². The largest absolute Gasteiger partial charge is 0.378 e. The molecule has 0 aromatic heterocycles. The van der Waals surface area contributed by atoms with Gasteiger partial charge in [-0.2, -0.15) is 0 Å². The first-order chi connectivity index (χ1) is 12.4. The summed E-state index contributed by atoms with van der Waals surface area (Å²) in [6, 6.07) is 6.01. The quantitative estimate of drug-likeness (QED) is 0.669. The van der Waals surface area contributed by atoms with Crippen molar-refractivity contribution in [3.05, 3.63) is 29.8 Å². The number of hydrogen-bond acceptors (Lipinski definition) is 5. The number of hydrogen-bond donors (Lipinski definition) is 3. The van der Waals surface area contributed by atoms with Gasteiger partial charge in [0.25, 0.3) is 5.91 Å². The van der Waals surface area contributed by atoms with Crippen molar-refractivity contribution in [2.75, 3.05) is 38.2 Å². The van der Waals surface area contributed by atoms with Gasteiger partial charge in [0.2, 0.25) is 11.8 Å². The average molecular weight is 362 g/mol. The summed E-state index contributed by atoms with van der Waals surface area (Å²) < 4.78 is 5.24. The second kappa shape index (κ2) is 9.30. The van der Waals surface area contributed by atoms with Crippen molar-refractivity contribution in [3.8, 4) is 0 Å². The Morgan fingerprint density at radius 2 is 1.77 bits per heavy atom. The summed E-state index contributed by atoms with van der Waals surface area (Å²) in [5.74, 6) is -0.779. The maximum absolute atomic E-state index is 12.4. The highest BCUT2D eigenvalue weighted by atomic mass is 16.5. The number of rotatable bonds is 6. The lowest BCUT2D eigenvalue weighted by molar-refractivity contribution is -0.125. The Hall–Kier alpha value is -2.45. The zero-order valence-corrected chi connectivity index (χ0v) is 15.2. The lowest BCUT2D eigenvalue weighted by Crippen LogP contribution is -2.46. The number of ether oxygens (including phenoxy) is 1. The van der Waals surface area contributed by atoms with E-state index in [9.17, 15) is 14.4 Å². The molecule has 0 unspecified atom stereocenters. The van der Waals surface area contributed by atoms with E-state index in [0.717, 1.165) is 0 Å². The van der Waals surface area contributed by atoms with Gasteiger partial charge in [-0.3, -0.25) is 14.4 Å². The molecule has 2 rings (SSSR count). The first-order valence-corrected chi connectivity index (χ1v) is 8.68. The minimum absolute atomic E-state index is 0.00499. The van der Waals surface area contributed by atoms with E-state index in [0.29, 0.717) is 37.6 Å². The molecular formula is C18H26N4O4. The van der Waals surface area contributed by atoms with E-state index >= 15 is 0 Å². The van der Waals surface area contributed by atoms with E-state index in [-0.39, 0.29) is 30.2 Å². The lowest BCUT2D eigenvalue weighted by Gasteiger charge is -2.26. The Balaban J connectivity index is 1.83. The highest BCUT2D eigenvalue weighted by Crippen LogP contribution is 2.12. The predicted octanol–water partition coefficient (Wildman–Crippen LogP) is 0.197. The minimum Gasteiger partial charge on any atom is -0.378 e. The number of carbonyl (C=O) groups excluding carboxylic acids is 3. The molecule has 0 saturated carbocycles. The third-order valence-electron chi connectivity index (χ3n) is 4.16. The van der Waals surface area contributed by atoms with Crippen LogP contribution in [0.1, 0.15) is 24.2 Å². The number of amides is 3. The molecule has 1 aliphatic rings. The van der Waals surface area contributed by atoms with Crippen LogP contribution in [0, 0.1) is 5.92 Å². The summed E-state index contributed by atoms with van der Waals surface area (Å²) in [5.41, 5.74) is 6.83. The number of anilines is 1. The van der Waals surface area contributed by atoms with Crippen molar-refractivity contribution < 1.29 is 19.1 Å². The van der Waals surface area contributed by atoms with Crippen LogP contribution in [0.5, 0.6) is 0 Å². The Bertz CT molecular complexity index is 639. The van der Waals surface area contributed by atoms with Crippen molar-refractivity contribution >= 4 is 23.4 Å². The summed E-state index contributed by atoms with van der Waals surface area (Å²) in [6.07, 6.45) is 0. The lowest BCUT2D eigenvalue weighted by atomic mass is 10.1. The molecule has 1 aliphatic heterocycles. The molecular weight excluding hydrogens is 336 g/mol. The molecule has 1 aromatic rings. The molecule has 0 spiro atoms. The van der Waals surface area contributed by atoms with E-state index < -0.39 is 6.04 Å². The number of nitrogens with one attached hydrogen (secondary N) is 2. The molecule has 1 fully saturated rings. The van der Waals surface area contributed by atoms with Gasteiger partial charge in [0.1, 0.15) is 0 Å². The van der Waals surface area contributed by atoms with Gasteiger partial charge in [-0.25, -0.2) is 0 Å². The van der Waals surface area contributed by atoms with E-state index in [1.165, 1.54) is 0 Å². The van der Waals surface area contributed by atoms with Gasteiger partial charge in [-0.15, -0.1) is 0 Å². The van der Waals surface area contributed by atoms with Crippen LogP contribution >= 0.6 is 0 Å².